The van der Waals surface area contributed by atoms with Crippen molar-refractivity contribution in [3.05, 3.63) is 0 Å². The Morgan fingerprint density at radius 2 is 1.95 bits per heavy atom. The van der Waals surface area contributed by atoms with Crippen molar-refractivity contribution < 1.29 is 4.74 Å². The van der Waals surface area contributed by atoms with E-state index in [1.165, 1.54) is 32.1 Å². The molecule has 116 valence electrons. The van der Waals surface area contributed by atoms with Gasteiger partial charge in [0.1, 0.15) is 0 Å². The van der Waals surface area contributed by atoms with Gasteiger partial charge in [-0.2, -0.15) is 0 Å². The molecule has 3 rings (SSSR count). The van der Waals surface area contributed by atoms with Crippen molar-refractivity contribution in [3.8, 4) is 0 Å². The molecule has 0 radical (unpaired) electrons. The number of hydrogen-bond acceptors (Lipinski definition) is 2. The molecular formula is C17H30ClNO. The van der Waals surface area contributed by atoms with Gasteiger partial charge in [-0.05, 0) is 44.9 Å². The van der Waals surface area contributed by atoms with Crippen molar-refractivity contribution in [2.24, 2.45) is 11.3 Å². The predicted molar refractivity (Wildman–Crippen MR) is 84.3 cm³/mol. The van der Waals surface area contributed by atoms with Crippen LogP contribution >= 0.6 is 11.6 Å². The lowest BCUT2D eigenvalue weighted by Gasteiger charge is -2.49. The number of rotatable bonds is 2. The molecule has 2 aliphatic carbocycles. The predicted octanol–water partition coefficient (Wildman–Crippen LogP) is 4.11. The summed E-state index contributed by atoms with van der Waals surface area (Å²) >= 11 is 6.56. The Balaban J connectivity index is 1.85. The molecule has 3 fully saturated rings. The van der Waals surface area contributed by atoms with Crippen LogP contribution in [0.4, 0.5) is 0 Å². The highest BCUT2D eigenvalue weighted by atomic mass is 35.5. The second-order valence-corrected chi connectivity index (χ2v) is 7.97. The molecule has 1 saturated heterocycles. The fourth-order valence-corrected chi connectivity index (χ4v) is 5.76. The molecule has 1 heterocycles. The van der Waals surface area contributed by atoms with Crippen molar-refractivity contribution >= 4 is 11.6 Å². The number of nitrogens with one attached hydrogen (secondary N) is 1. The molecule has 0 aromatic heterocycles. The van der Waals surface area contributed by atoms with E-state index in [0.717, 1.165) is 32.4 Å². The van der Waals surface area contributed by atoms with E-state index in [1.807, 2.05) is 0 Å². The first-order valence-electron chi connectivity index (χ1n) is 8.64. The lowest BCUT2D eigenvalue weighted by molar-refractivity contribution is -0.0796. The first-order chi connectivity index (χ1) is 9.63. The summed E-state index contributed by atoms with van der Waals surface area (Å²) in [6.07, 6.45) is 10.7. The zero-order chi connectivity index (χ0) is 14.2. The van der Waals surface area contributed by atoms with Crippen LogP contribution < -0.4 is 5.32 Å². The standard InChI is InChI=1S/C17H30ClNO/c1-3-20-15-8-7-14(18)11-16(15)12-19-17(13(16)2)9-5-4-6-10-17/h13-15,19H,3-12H2,1-2H3. The van der Waals surface area contributed by atoms with Gasteiger partial charge in [0.2, 0.25) is 0 Å². The van der Waals surface area contributed by atoms with E-state index in [4.69, 9.17) is 16.3 Å². The summed E-state index contributed by atoms with van der Waals surface area (Å²) in [4.78, 5) is 0. The van der Waals surface area contributed by atoms with Crippen LogP contribution in [0.3, 0.4) is 0 Å². The van der Waals surface area contributed by atoms with Crippen molar-refractivity contribution in [2.75, 3.05) is 13.2 Å². The molecule has 2 spiro atoms. The zero-order valence-corrected chi connectivity index (χ0v) is 13.8. The van der Waals surface area contributed by atoms with E-state index in [1.54, 1.807) is 0 Å². The van der Waals surface area contributed by atoms with Gasteiger partial charge >= 0.3 is 0 Å². The lowest BCUT2D eigenvalue weighted by atomic mass is 9.59. The second-order valence-electron chi connectivity index (χ2n) is 7.35. The van der Waals surface area contributed by atoms with E-state index < -0.39 is 0 Å². The van der Waals surface area contributed by atoms with Gasteiger partial charge in [-0.1, -0.05) is 26.2 Å². The molecule has 0 aromatic rings. The Morgan fingerprint density at radius 1 is 1.20 bits per heavy atom. The first kappa shape index (κ1) is 15.1. The van der Waals surface area contributed by atoms with Gasteiger partial charge in [-0.25, -0.2) is 0 Å². The second kappa shape index (κ2) is 5.78. The van der Waals surface area contributed by atoms with Crippen LogP contribution in [0.15, 0.2) is 0 Å². The van der Waals surface area contributed by atoms with Crippen LogP contribution in [0.25, 0.3) is 0 Å². The van der Waals surface area contributed by atoms with Gasteiger partial charge < -0.3 is 10.1 Å². The molecule has 2 nitrogen and oxygen atoms in total. The Bertz CT molecular complexity index is 342. The molecule has 2 saturated carbocycles. The first-order valence-corrected chi connectivity index (χ1v) is 9.07. The van der Waals surface area contributed by atoms with Crippen LogP contribution in [0.1, 0.15) is 65.2 Å². The van der Waals surface area contributed by atoms with Gasteiger partial charge in [0.15, 0.2) is 0 Å². The smallest absolute Gasteiger partial charge is 0.0647 e. The average molecular weight is 300 g/mol. The summed E-state index contributed by atoms with van der Waals surface area (Å²) in [6, 6.07) is 0. The minimum atomic E-state index is 0.276. The third kappa shape index (κ3) is 2.32. The lowest BCUT2D eigenvalue weighted by Crippen LogP contribution is -2.51. The maximum absolute atomic E-state index is 6.56. The van der Waals surface area contributed by atoms with Crippen LogP contribution in [0.5, 0.6) is 0 Å². The van der Waals surface area contributed by atoms with E-state index >= 15 is 0 Å². The quantitative estimate of drug-likeness (QED) is 0.775. The topological polar surface area (TPSA) is 21.3 Å². The summed E-state index contributed by atoms with van der Waals surface area (Å²) in [5.74, 6) is 0.688. The molecule has 3 heteroatoms. The van der Waals surface area contributed by atoms with E-state index in [0.29, 0.717) is 22.9 Å². The molecule has 4 atom stereocenters. The Morgan fingerprint density at radius 3 is 2.65 bits per heavy atom. The van der Waals surface area contributed by atoms with E-state index in [-0.39, 0.29) is 5.41 Å². The van der Waals surface area contributed by atoms with Gasteiger partial charge in [0, 0.05) is 29.5 Å². The Hall–Kier alpha value is 0.210. The van der Waals surface area contributed by atoms with Gasteiger partial charge in [-0.15, -0.1) is 11.6 Å². The summed E-state index contributed by atoms with van der Waals surface area (Å²) in [5.41, 5.74) is 0.652. The molecule has 1 aliphatic heterocycles. The third-order valence-corrected chi connectivity index (χ3v) is 6.93. The fraction of sp³-hybridized carbons (Fsp3) is 1.00. The normalized spacial score (nSPS) is 44.2. The van der Waals surface area contributed by atoms with Crippen molar-refractivity contribution in [1.82, 2.24) is 5.32 Å². The number of hydrogen-bond donors (Lipinski definition) is 1. The minimum absolute atomic E-state index is 0.276. The molecular weight excluding hydrogens is 270 g/mol. The molecule has 0 bridgehead atoms. The van der Waals surface area contributed by atoms with Crippen LogP contribution in [0.2, 0.25) is 0 Å². The van der Waals surface area contributed by atoms with Crippen LogP contribution in [0, 0.1) is 11.3 Å². The molecule has 1 N–H and O–H groups in total. The van der Waals surface area contributed by atoms with Crippen molar-refractivity contribution in [2.45, 2.75) is 82.2 Å². The maximum atomic E-state index is 6.56. The van der Waals surface area contributed by atoms with Crippen LogP contribution in [-0.2, 0) is 4.74 Å². The molecule has 4 unspecified atom stereocenters. The fourth-order valence-electron chi connectivity index (χ4n) is 5.35. The third-order valence-electron chi connectivity index (χ3n) is 6.56. The number of ether oxygens (including phenoxy) is 1. The maximum Gasteiger partial charge on any atom is 0.0647 e. The largest absolute Gasteiger partial charge is 0.378 e. The highest BCUT2D eigenvalue weighted by Crippen LogP contribution is 2.55. The van der Waals surface area contributed by atoms with Crippen molar-refractivity contribution in [3.63, 3.8) is 0 Å². The van der Waals surface area contributed by atoms with Crippen LogP contribution in [-0.4, -0.2) is 30.2 Å². The highest BCUT2D eigenvalue weighted by Gasteiger charge is 2.59. The summed E-state index contributed by atoms with van der Waals surface area (Å²) in [5, 5.41) is 4.29. The average Bonchev–Trinajstić information content (AvgIpc) is 2.71. The summed E-state index contributed by atoms with van der Waals surface area (Å²) in [6.45, 7) is 6.55. The monoisotopic (exact) mass is 299 g/mol. The van der Waals surface area contributed by atoms with E-state index in [9.17, 15) is 0 Å². The van der Waals surface area contributed by atoms with Gasteiger partial charge in [0.25, 0.3) is 0 Å². The molecule has 20 heavy (non-hydrogen) atoms. The summed E-state index contributed by atoms with van der Waals surface area (Å²) in [7, 11) is 0. The highest BCUT2D eigenvalue weighted by molar-refractivity contribution is 6.20. The summed E-state index contributed by atoms with van der Waals surface area (Å²) < 4.78 is 6.17. The Labute approximate surface area is 129 Å². The molecule has 3 aliphatic rings. The molecule has 0 amide bonds. The van der Waals surface area contributed by atoms with Gasteiger partial charge in [0.05, 0.1) is 6.10 Å². The van der Waals surface area contributed by atoms with Crippen molar-refractivity contribution in [1.29, 1.82) is 0 Å². The zero-order valence-electron chi connectivity index (χ0n) is 13.1. The van der Waals surface area contributed by atoms with Gasteiger partial charge in [-0.3, -0.25) is 0 Å². The molecule has 0 aromatic carbocycles. The SMILES string of the molecule is CCOC1CCC(Cl)CC12CNC1(CCCCC1)C2C. The minimum Gasteiger partial charge on any atom is -0.378 e. The van der Waals surface area contributed by atoms with E-state index in [2.05, 4.69) is 19.2 Å². The number of alkyl halides is 1. The Kier molecular flexibility index (Phi) is 4.37. The number of halogens is 1.